The summed E-state index contributed by atoms with van der Waals surface area (Å²) in [5.41, 5.74) is 8.00. The molecule has 0 aromatic heterocycles. The number of hydrogen-bond acceptors (Lipinski definition) is 3. The number of rotatable bonds is 3. The molecule has 1 aliphatic heterocycles. The standard InChI is InChI=1S/C12H17N3O2/c13-11(16)7-14-12(17)10-6-5-8-3-1-2-4-9(8)15-10/h1-7H2,(H2,13,16)(H,14,17). The summed E-state index contributed by atoms with van der Waals surface area (Å²) < 4.78 is 0. The number of primary amides is 1. The highest BCUT2D eigenvalue weighted by atomic mass is 16.2. The number of hydrogen-bond donors (Lipinski definition) is 2. The smallest absolute Gasteiger partial charge is 0.266 e. The maximum Gasteiger partial charge on any atom is 0.266 e. The predicted molar refractivity (Wildman–Crippen MR) is 64.4 cm³/mol. The summed E-state index contributed by atoms with van der Waals surface area (Å²) in [6.45, 7) is -0.121. The predicted octanol–water partition coefficient (Wildman–Crippen LogP) is 0.651. The lowest BCUT2D eigenvalue weighted by molar-refractivity contribution is -0.121. The Hall–Kier alpha value is -1.65. The highest BCUT2D eigenvalue weighted by Gasteiger charge is 2.21. The molecule has 0 aromatic carbocycles. The Kier molecular flexibility index (Phi) is 3.56. The molecule has 1 heterocycles. The molecule has 1 aliphatic carbocycles. The van der Waals surface area contributed by atoms with Crippen molar-refractivity contribution in [3.05, 3.63) is 11.3 Å². The van der Waals surface area contributed by atoms with Crippen LogP contribution in [-0.4, -0.2) is 24.1 Å². The minimum absolute atomic E-state index is 0.121. The van der Waals surface area contributed by atoms with Gasteiger partial charge in [0.05, 0.1) is 6.54 Å². The van der Waals surface area contributed by atoms with Gasteiger partial charge in [0.25, 0.3) is 5.91 Å². The van der Waals surface area contributed by atoms with E-state index in [2.05, 4.69) is 10.3 Å². The molecule has 0 unspecified atom stereocenters. The van der Waals surface area contributed by atoms with Crippen LogP contribution < -0.4 is 11.1 Å². The molecular formula is C12H17N3O2. The number of allylic oxidation sites excluding steroid dienone is 2. The van der Waals surface area contributed by atoms with E-state index < -0.39 is 5.91 Å². The van der Waals surface area contributed by atoms with Crippen molar-refractivity contribution < 1.29 is 9.59 Å². The van der Waals surface area contributed by atoms with Crippen molar-refractivity contribution in [2.45, 2.75) is 38.5 Å². The Bertz CT molecular complexity index is 410. The van der Waals surface area contributed by atoms with Crippen LogP contribution in [-0.2, 0) is 9.59 Å². The van der Waals surface area contributed by atoms with Gasteiger partial charge in [0.15, 0.2) is 0 Å². The Morgan fingerprint density at radius 1 is 1.18 bits per heavy atom. The molecule has 92 valence electrons. The van der Waals surface area contributed by atoms with E-state index in [0.29, 0.717) is 12.1 Å². The van der Waals surface area contributed by atoms with Gasteiger partial charge in [-0.15, -0.1) is 0 Å². The normalized spacial score (nSPS) is 19.4. The third-order valence-electron chi connectivity index (χ3n) is 3.17. The first kappa shape index (κ1) is 11.8. The quantitative estimate of drug-likeness (QED) is 0.752. The molecule has 0 atom stereocenters. The third-order valence-corrected chi connectivity index (χ3v) is 3.17. The fourth-order valence-electron chi connectivity index (χ4n) is 2.28. The van der Waals surface area contributed by atoms with Crippen molar-refractivity contribution in [3.8, 4) is 0 Å². The Balaban J connectivity index is 2.02. The van der Waals surface area contributed by atoms with Crippen LogP contribution in [0.25, 0.3) is 0 Å². The second kappa shape index (κ2) is 5.12. The van der Waals surface area contributed by atoms with Gasteiger partial charge in [-0.3, -0.25) is 14.6 Å². The summed E-state index contributed by atoms with van der Waals surface area (Å²) in [5, 5.41) is 2.48. The van der Waals surface area contributed by atoms with Gasteiger partial charge >= 0.3 is 0 Å². The molecule has 2 aliphatic rings. The zero-order valence-electron chi connectivity index (χ0n) is 9.79. The van der Waals surface area contributed by atoms with Crippen LogP contribution in [0.3, 0.4) is 0 Å². The third kappa shape index (κ3) is 2.93. The van der Waals surface area contributed by atoms with E-state index in [1.807, 2.05) is 0 Å². The zero-order valence-corrected chi connectivity index (χ0v) is 9.79. The first-order chi connectivity index (χ1) is 8.16. The lowest BCUT2D eigenvalue weighted by atomic mass is 9.90. The van der Waals surface area contributed by atoms with Crippen molar-refractivity contribution in [1.82, 2.24) is 5.32 Å². The zero-order chi connectivity index (χ0) is 12.3. The van der Waals surface area contributed by atoms with Crippen molar-refractivity contribution >= 4 is 17.5 Å². The highest BCUT2D eigenvalue weighted by Crippen LogP contribution is 2.31. The summed E-state index contributed by atoms with van der Waals surface area (Å²) >= 11 is 0. The van der Waals surface area contributed by atoms with Gasteiger partial charge < -0.3 is 11.1 Å². The maximum atomic E-state index is 11.7. The number of nitrogens with two attached hydrogens (primary N) is 1. The lowest BCUT2D eigenvalue weighted by Gasteiger charge is -2.22. The van der Waals surface area contributed by atoms with Crippen LogP contribution in [0.4, 0.5) is 0 Å². The van der Waals surface area contributed by atoms with Crippen molar-refractivity contribution in [2.75, 3.05) is 6.54 Å². The first-order valence-electron chi connectivity index (χ1n) is 6.02. The molecule has 0 fully saturated rings. The topological polar surface area (TPSA) is 84.5 Å². The summed E-state index contributed by atoms with van der Waals surface area (Å²) in [6, 6.07) is 0. The molecule has 0 radical (unpaired) electrons. The molecule has 0 aromatic rings. The average molecular weight is 235 g/mol. The summed E-state index contributed by atoms with van der Waals surface area (Å²) in [4.78, 5) is 26.7. The van der Waals surface area contributed by atoms with E-state index in [1.54, 1.807) is 0 Å². The van der Waals surface area contributed by atoms with Gasteiger partial charge in [0.1, 0.15) is 5.71 Å². The van der Waals surface area contributed by atoms with Gasteiger partial charge in [0.2, 0.25) is 5.91 Å². The molecule has 17 heavy (non-hydrogen) atoms. The summed E-state index contributed by atoms with van der Waals surface area (Å²) in [5.74, 6) is -0.798. The molecule has 5 nitrogen and oxygen atoms in total. The number of aliphatic imine (C=N–C) groups is 1. The molecule has 0 bridgehead atoms. The molecule has 5 heteroatoms. The number of amides is 2. The van der Waals surface area contributed by atoms with Gasteiger partial charge in [-0.05, 0) is 44.1 Å². The highest BCUT2D eigenvalue weighted by molar-refractivity contribution is 6.39. The number of carbonyl (C=O) groups is 2. The summed E-state index contributed by atoms with van der Waals surface area (Å²) in [7, 11) is 0. The van der Waals surface area contributed by atoms with Crippen LogP contribution in [0.1, 0.15) is 38.5 Å². The minimum atomic E-state index is -0.535. The van der Waals surface area contributed by atoms with Crippen LogP contribution in [0, 0.1) is 0 Å². The number of nitrogens with zero attached hydrogens (tertiary/aromatic N) is 1. The van der Waals surface area contributed by atoms with E-state index in [4.69, 9.17) is 5.73 Å². The second-order valence-electron chi connectivity index (χ2n) is 4.46. The van der Waals surface area contributed by atoms with Crippen molar-refractivity contribution in [3.63, 3.8) is 0 Å². The molecule has 0 saturated carbocycles. The van der Waals surface area contributed by atoms with E-state index in [9.17, 15) is 9.59 Å². The molecule has 2 rings (SSSR count). The Morgan fingerprint density at radius 2 is 1.94 bits per heavy atom. The van der Waals surface area contributed by atoms with Crippen molar-refractivity contribution in [2.24, 2.45) is 10.7 Å². The number of carbonyl (C=O) groups excluding carboxylic acids is 2. The minimum Gasteiger partial charge on any atom is -0.368 e. The molecule has 3 N–H and O–H groups in total. The van der Waals surface area contributed by atoms with Gasteiger partial charge in [0, 0.05) is 5.70 Å². The second-order valence-corrected chi connectivity index (χ2v) is 4.46. The van der Waals surface area contributed by atoms with E-state index in [1.165, 1.54) is 12.0 Å². The SMILES string of the molecule is NC(=O)CNC(=O)C1=NC2=C(CCCC2)CC1. The van der Waals surface area contributed by atoms with Crippen LogP contribution >= 0.6 is 0 Å². The number of nitrogens with one attached hydrogen (secondary N) is 1. The van der Waals surface area contributed by atoms with Crippen LogP contribution in [0.5, 0.6) is 0 Å². The fourth-order valence-corrected chi connectivity index (χ4v) is 2.28. The average Bonchev–Trinajstić information content (AvgIpc) is 2.35. The lowest BCUT2D eigenvalue weighted by Crippen LogP contribution is -2.38. The monoisotopic (exact) mass is 235 g/mol. The van der Waals surface area contributed by atoms with Crippen LogP contribution in [0.15, 0.2) is 16.3 Å². The first-order valence-corrected chi connectivity index (χ1v) is 6.02. The molecular weight excluding hydrogens is 218 g/mol. The summed E-state index contributed by atoms with van der Waals surface area (Å²) in [6.07, 6.45) is 6.08. The van der Waals surface area contributed by atoms with Gasteiger partial charge in [-0.1, -0.05) is 0 Å². The van der Waals surface area contributed by atoms with Crippen LogP contribution in [0.2, 0.25) is 0 Å². The molecule has 2 amide bonds. The maximum absolute atomic E-state index is 11.7. The molecule has 0 saturated heterocycles. The van der Waals surface area contributed by atoms with E-state index in [0.717, 1.165) is 31.4 Å². The van der Waals surface area contributed by atoms with E-state index >= 15 is 0 Å². The molecule has 0 spiro atoms. The van der Waals surface area contributed by atoms with Crippen molar-refractivity contribution in [1.29, 1.82) is 0 Å². The van der Waals surface area contributed by atoms with Gasteiger partial charge in [-0.2, -0.15) is 0 Å². The largest absolute Gasteiger partial charge is 0.368 e. The Labute approximate surface area is 100 Å². The Morgan fingerprint density at radius 3 is 2.71 bits per heavy atom. The van der Waals surface area contributed by atoms with Gasteiger partial charge in [-0.25, -0.2) is 0 Å². The van der Waals surface area contributed by atoms with E-state index in [-0.39, 0.29) is 12.5 Å². The fraction of sp³-hybridized carbons (Fsp3) is 0.583.